The highest BCUT2D eigenvalue weighted by atomic mass is 79.9. The number of thiophene rings is 1. The summed E-state index contributed by atoms with van der Waals surface area (Å²) in [6.45, 7) is 0. The number of nitro benzene ring substituents is 1. The van der Waals surface area contributed by atoms with Gasteiger partial charge in [0.15, 0.2) is 15.6 Å². The van der Waals surface area contributed by atoms with E-state index >= 15 is 0 Å². The molecule has 0 amide bonds. The van der Waals surface area contributed by atoms with Gasteiger partial charge in [-0.3, -0.25) is 14.9 Å². The number of sulfone groups is 1. The quantitative estimate of drug-likeness (QED) is 0.444. The van der Waals surface area contributed by atoms with Crippen molar-refractivity contribution in [1.82, 2.24) is 0 Å². The van der Waals surface area contributed by atoms with E-state index in [4.69, 9.17) is 0 Å². The number of Topliss-reactive ketones (excluding diaryl/α,β-unsaturated/α-hetero) is 1. The Hall–Kier alpha value is -1.58. The van der Waals surface area contributed by atoms with E-state index in [-0.39, 0.29) is 4.88 Å². The van der Waals surface area contributed by atoms with Crippen molar-refractivity contribution < 1.29 is 18.1 Å². The molecule has 0 aliphatic heterocycles. The van der Waals surface area contributed by atoms with Gasteiger partial charge in [0.25, 0.3) is 5.69 Å². The third-order valence-corrected chi connectivity index (χ3v) is 6.12. The molecule has 0 saturated heterocycles. The fourth-order valence-corrected chi connectivity index (χ4v) is 4.70. The molecule has 9 heteroatoms. The van der Waals surface area contributed by atoms with Gasteiger partial charge in [-0.1, -0.05) is 12.1 Å². The maximum absolute atomic E-state index is 12.2. The molecule has 0 bridgehead atoms. The van der Waals surface area contributed by atoms with Crippen LogP contribution in [0.5, 0.6) is 0 Å². The monoisotopic (exact) mass is 389 g/mol. The molecule has 0 fully saturated rings. The molecule has 0 spiro atoms. The van der Waals surface area contributed by atoms with E-state index < -0.39 is 36.9 Å². The van der Waals surface area contributed by atoms with Gasteiger partial charge < -0.3 is 0 Å². The zero-order chi connectivity index (χ0) is 15.6. The Morgan fingerprint density at radius 3 is 2.52 bits per heavy atom. The third kappa shape index (κ3) is 3.36. The number of rotatable bonds is 5. The van der Waals surface area contributed by atoms with Crippen LogP contribution >= 0.6 is 27.3 Å². The highest BCUT2D eigenvalue weighted by Crippen LogP contribution is 2.27. The first-order valence-corrected chi connectivity index (χ1v) is 8.88. The maximum atomic E-state index is 12.2. The molecule has 0 aliphatic carbocycles. The molecule has 21 heavy (non-hydrogen) atoms. The number of hydrogen-bond acceptors (Lipinski definition) is 6. The van der Waals surface area contributed by atoms with Crippen LogP contribution in [0.25, 0.3) is 0 Å². The summed E-state index contributed by atoms with van der Waals surface area (Å²) in [5, 5.41) is 12.5. The van der Waals surface area contributed by atoms with Crippen LogP contribution in [0.4, 0.5) is 5.69 Å². The Labute approximate surface area is 132 Å². The molecule has 0 atom stereocenters. The van der Waals surface area contributed by atoms with Gasteiger partial charge in [0.05, 0.1) is 9.80 Å². The van der Waals surface area contributed by atoms with E-state index in [2.05, 4.69) is 15.9 Å². The number of hydrogen-bond donors (Lipinski definition) is 0. The summed E-state index contributed by atoms with van der Waals surface area (Å²) < 4.78 is 25.0. The number of benzene rings is 1. The number of carbonyl (C=O) groups is 1. The average molecular weight is 390 g/mol. The smallest absolute Gasteiger partial charge is 0.287 e. The van der Waals surface area contributed by atoms with Gasteiger partial charge in [0, 0.05) is 10.5 Å². The van der Waals surface area contributed by atoms with E-state index in [9.17, 15) is 23.3 Å². The third-order valence-electron chi connectivity index (χ3n) is 2.59. The normalized spacial score (nSPS) is 11.3. The molecule has 0 unspecified atom stereocenters. The molecule has 0 radical (unpaired) electrons. The minimum atomic E-state index is -4.08. The summed E-state index contributed by atoms with van der Waals surface area (Å²) in [6.07, 6.45) is 0. The molecule has 2 rings (SSSR count). The van der Waals surface area contributed by atoms with Gasteiger partial charge in [0.1, 0.15) is 10.6 Å². The standard InChI is InChI=1S/C12H8BrNO5S2/c13-8-5-6-20-12(8)10(15)7-21(18,19)11-4-2-1-3-9(11)14(16)17/h1-6H,7H2. The molecule has 0 aliphatic rings. The number of nitrogens with zero attached hydrogens (tertiary/aromatic N) is 1. The molecule has 2 aromatic rings. The molecule has 1 aromatic carbocycles. The topological polar surface area (TPSA) is 94.3 Å². The van der Waals surface area contributed by atoms with Crippen LogP contribution in [0.1, 0.15) is 9.67 Å². The van der Waals surface area contributed by atoms with Crippen molar-refractivity contribution in [3.8, 4) is 0 Å². The van der Waals surface area contributed by atoms with Crippen LogP contribution < -0.4 is 0 Å². The molecular formula is C12H8BrNO5S2. The number of halogens is 1. The van der Waals surface area contributed by atoms with Gasteiger partial charge in [-0.25, -0.2) is 8.42 Å². The van der Waals surface area contributed by atoms with Crippen LogP contribution in [-0.2, 0) is 9.84 Å². The Morgan fingerprint density at radius 1 is 1.29 bits per heavy atom. The first kappa shape index (κ1) is 15.8. The summed E-state index contributed by atoms with van der Waals surface area (Å²) in [5.74, 6) is -1.41. The van der Waals surface area contributed by atoms with Crippen LogP contribution in [0, 0.1) is 10.1 Å². The lowest BCUT2D eigenvalue weighted by Crippen LogP contribution is -2.17. The van der Waals surface area contributed by atoms with E-state index in [0.717, 1.165) is 23.5 Å². The van der Waals surface area contributed by atoms with Crippen molar-refractivity contribution in [2.24, 2.45) is 0 Å². The highest BCUT2D eigenvalue weighted by molar-refractivity contribution is 9.10. The minimum absolute atomic E-state index is 0.275. The van der Waals surface area contributed by atoms with Crippen LogP contribution in [0.2, 0.25) is 0 Å². The number of nitro groups is 1. The summed E-state index contributed by atoms with van der Waals surface area (Å²) in [4.78, 5) is 22.0. The van der Waals surface area contributed by atoms with Crippen molar-refractivity contribution in [1.29, 1.82) is 0 Å². The van der Waals surface area contributed by atoms with Crippen molar-refractivity contribution in [2.45, 2.75) is 4.90 Å². The summed E-state index contributed by atoms with van der Waals surface area (Å²) in [7, 11) is -4.08. The highest BCUT2D eigenvalue weighted by Gasteiger charge is 2.28. The Kier molecular flexibility index (Phi) is 4.55. The van der Waals surface area contributed by atoms with Crippen molar-refractivity contribution >= 4 is 48.6 Å². The van der Waals surface area contributed by atoms with E-state index in [1.807, 2.05) is 0 Å². The van der Waals surface area contributed by atoms with Crippen molar-refractivity contribution in [2.75, 3.05) is 5.75 Å². The largest absolute Gasteiger partial charge is 0.292 e. The maximum Gasteiger partial charge on any atom is 0.287 e. The Bertz CT molecular complexity index is 813. The molecule has 0 saturated carbocycles. The lowest BCUT2D eigenvalue weighted by molar-refractivity contribution is -0.387. The van der Waals surface area contributed by atoms with E-state index in [0.29, 0.717) is 4.47 Å². The summed E-state index contributed by atoms with van der Waals surface area (Å²) in [6, 6.07) is 6.61. The second-order valence-corrected chi connectivity index (χ2v) is 7.73. The van der Waals surface area contributed by atoms with Gasteiger partial charge in [-0.15, -0.1) is 11.3 Å². The summed E-state index contributed by atoms with van der Waals surface area (Å²) in [5.41, 5.74) is -0.532. The Balaban J connectivity index is 2.38. The average Bonchev–Trinajstić information content (AvgIpc) is 2.84. The van der Waals surface area contributed by atoms with Crippen molar-refractivity contribution in [3.63, 3.8) is 0 Å². The number of carbonyl (C=O) groups excluding carboxylic acids is 1. The molecule has 1 heterocycles. The fraction of sp³-hybridized carbons (Fsp3) is 0.0833. The molecule has 6 nitrogen and oxygen atoms in total. The van der Waals surface area contributed by atoms with Crippen LogP contribution in [0.3, 0.4) is 0 Å². The van der Waals surface area contributed by atoms with Crippen LogP contribution in [0.15, 0.2) is 45.1 Å². The van der Waals surface area contributed by atoms with Crippen LogP contribution in [-0.4, -0.2) is 24.9 Å². The van der Waals surface area contributed by atoms with Gasteiger partial charge >= 0.3 is 0 Å². The van der Waals surface area contributed by atoms with Gasteiger partial charge in [-0.05, 0) is 33.4 Å². The SMILES string of the molecule is O=C(CS(=O)(=O)c1ccccc1[N+](=O)[O-])c1sccc1Br. The van der Waals surface area contributed by atoms with Gasteiger partial charge in [0.2, 0.25) is 0 Å². The second kappa shape index (κ2) is 6.04. The first-order valence-electron chi connectivity index (χ1n) is 5.55. The predicted molar refractivity (Wildman–Crippen MR) is 81.5 cm³/mol. The Morgan fingerprint density at radius 2 is 1.95 bits per heavy atom. The molecular weight excluding hydrogens is 382 g/mol. The zero-order valence-corrected chi connectivity index (χ0v) is 13.6. The van der Waals surface area contributed by atoms with Crippen molar-refractivity contribution in [3.05, 3.63) is 55.2 Å². The minimum Gasteiger partial charge on any atom is -0.292 e. The first-order chi connectivity index (χ1) is 9.83. The van der Waals surface area contributed by atoms with E-state index in [1.165, 1.54) is 12.1 Å². The van der Waals surface area contributed by atoms with Gasteiger partial charge in [-0.2, -0.15) is 0 Å². The molecule has 110 valence electrons. The number of ketones is 1. The zero-order valence-electron chi connectivity index (χ0n) is 10.4. The molecule has 1 aromatic heterocycles. The number of para-hydroxylation sites is 1. The van der Waals surface area contributed by atoms with E-state index in [1.54, 1.807) is 11.4 Å². The second-order valence-electron chi connectivity index (χ2n) is 4.00. The molecule has 0 N–H and O–H groups in total. The summed E-state index contributed by atoms with van der Waals surface area (Å²) >= 11 is 4.26. The lowest BCUT2D eigenvalue weighted by atomic mass is 10.3. The predicted octanol–water partition coefficient (Wildman–Crippen LogP) is 3.08. The fourth-order valence-electron chi connectivity index (χ4n) is 1.68. The lowest BCUT2D eigenvalue weighted by Gasteiger charge is -2.04.